The van der Waals surface area contributed by atoms with Crippen LogP contribution in [0.3, 0.4) is 0 Å². The summed E-state index contributed by atoms with van der Waals surface area (Å²) in [7, 11) is 0. The normalized spacial score (nSPS) is 30.5. The van der Waals surface area contributed by atoms with Crippen LogP contribution in [0.1, 0.15) is 31.4 Å². The number of fused-ring (bicyclic) bond motifs is 2. The van der Waals surface area contributed by atoms with Crippen LogP contribution >= 0.6 is 0 Å². The molecule has 4 N–H and O–H groups in total. The van der Waals surface area contributed by atoms with E-state index in [1.54, 1.807) is 6.07 Å². The molecule has 1 aromatic heterocycles. The van der Waals surface area contributed by atoms with Crippen LogP contribution in [0, 0.1) is 5.41 Å². The Kier molecular flexibility index (Phi) is 2.70. The summed E-state index contributed by atoms with van der Waals surface area (Å²) in [5.41, 5.74) is 6.01. The SMILES string of the molecule is N=C(N)c1cccc(N2C3CCC2CC(O)C3)n1. The lowest BCUT2D eigenvalue weighted by molar-refractivity contribution is 0.126. The second-order valence-electron chi connectivity index (χ2n) is 5.21. The third-order valence-electron chi connectivity index (χ3n) is 3.98. The summed E-state index contributed by atoms with van der Waals surface area (Å²) in [4.78, 5) is 6.76. The second-order valence-corrected chi connectivity index (χ2v) is 5.21. The lowest BCUT2D eigenvalue weighted by Gasteiger charge is -2.38. The fraction of sp³-hybridized carbons (Fsp3) is 0.538. The summed E-state index contributed by atoms with van der Waals surface area (Å²) >= 11 is 0. The van der Waals surface area contributed by atoms with Gasteiger partial charge in [-0.2, -0.15) is 0 Å². The number of aromatic nitrogens is 1. The van der Waals surface area contributed by atoms with E-state index in [0.29, 0.717) is 17.8 Å². The minimum Gasteiger partial charge on any atom is -0.393 e. The van der Waals surface area contributed by atoms with E-state index in [2.05, 4.69) is 9.88 Å². The Bertz CT molecular complexity index is 462. The van der Waals surface area contributed by atoms with Gasteiger partial charge in [0, 0.05) is 12.1 Å². The number of amidine groups is 1. The molecule has 1 aromatic rings. The Labute approximate surface area is 106 Å². The van der Waals surface area contributed by atoms with Gasteiger partial charge in [-0.3, -0.25) is 5.41 Å². The van der Waals surface area contributed by atoms with E-state index >= 15 is 0 Å². The number of nitrogens with one attached hydrogen (secondary N) is 1. The van der Waals surface area contributed by atoms with Gasteiger partial charge in [-0.05, 0) is 37.8 Å². The first kappa shape index (κ1) is 11.5. The zero-order valence-electron chi connectivity index (χ0n) is 10.2. The van der Waals surface area contributed by atoms with E-state index in [9.17, 15) is 5.11 Å². The molecule has 96 valence electrons. The molecule has 2 bridgehead atoms. The van der Waals surface area contributed by atoms with E-state index in [1.807, 2.05) is 12.1 Å². The molecule has 2 unspecified atom stereocenters. The first-order chi connectivity index (χ1) is 8.65. The van der Waals surface area contributed by atoms with Crippen molar-refractivity contribution < 1.29 is 5.11 Å². The number of anilines is 1. The number of piperidine rings is 1. The monoisotopic (exact) mass is 246 g/mol. The highest BCUT2D eigenvalue weighted by atomic mass is 16.3. The van der Waals surface area contributed by atoms with Gasteiger partial charge < -0.3 is 15.7 Å². The van der Waals surface area contributed by atoms with Gasteiger partial charge in [-0.1, -0.05) is 6.07 Å². The molecule has 3 heterocycles. The summed E-state index contributed by atoms with van der Waals surface area (Å²) in [5, 5.41) is 17.2. The number of hydrogen-bond acceptors (Lipinski definition) is 4. The van der Waals surface area contributed by atoms with Gasteiger partial charge in [0.1, 0.15) is 17.3 Å². The van der Waals surface area contributed by atoms with Gasteiger partial charge >= 0.3 is 0 Å². The van der Waals surface area contributed by atoms with Crippen molar-refractivity contribution in [1.82, 2.24) is 4.98 Å². The molecule has 0 amide bonds. The molecule has 0 radical (unpaired) electrons. The summed E-state index contributed by atoms with van der Waals surface area (Å²) in [5.74, 6) is 0.892. The molecule has 5 nitrogen and oxygen atoms in total. The van der Waals surface area contributed by atoms with Crippen molar-refractivity contribution in [3.63, 3.8) is 0 Å². The number of pyridine rings is 1. The molecular weight excluding hydrogens is 228 g/mol. The fourth-order valence-electron chi connectivity index (χ4n) is 3.24. The highest BCUT2D eigenvalue weighted by Crippen LogP contribution is 2.38. The van der Waals surface area contributed by atoms with Crippen molar-refractivity contribution in [3.05, 3.63) is 23.9 Å². The van der Waals surface area contributed by atoms with E-state index in [1.165, 1.54) is 0 Å². The van der Waals surface area contributed by atoms with Gasteiger partial charge in [0.05, 0.1) is 6.10 Å². The number of nitrogens with two attached hydrogens (primary N) is 1. The molecule has 2 aliphatic heterocycles. The summed E-state index contributed by atoms with van der Waals surface area (Å²) < 4.78 is 0. The number of aliphatic hydroxyl groups excluding tert-OH is 1. The third-order valence-corrected chi connectivity index (χ3v) is 3.98. The predicted octanol–water partition coefficient (Wildman–Crippen LogP) is 0.858. The van der Waals surface area contributed by atoms with Gasteiger partial charge in [0.15, 0.2) is 0 Å². The highest BCUT2D eigenvalue weighted by Gasteiger charge is 2.40. The Morgan fingerprint density at radius 3 is 2.61 bits per heavy atom. The number of hydrogen-bond donors (Lipinski definition) is 3. The topological polar surface area (TPSA) is 86.2 Å². The van der Waals surface area contributed by atoms with Crippen molar-refractivity contribution in [2.45, 2.75) is 43.9 Å². The second kappa shape index (κ2) is 4.24. The van der Waals surface area contributed by atoms with Gasteiger partial charge in [0.25, 0.3) is 0 Å². The summed E-state index contributed by atoms with van der Waals surface area (Å²) in [6.45, 7) is 0. The molecule has 18 heavy (non-hydrogen) atoms. The standard InChI is InChI=1S/C13H18N4O/c14-13(15)11-2-1-3-12(16-11)17-8-4-5-9(17)7-10(18)6-8/h1-3,8-10,18H,4-7H2,(H3,14,15). The maximum Gasteiger partial charge on any atom is 0.141 e. The van der Waals surface area contributed by atoms with E-state index in [4.69, 9.17) is 11.1 Å². The number of aliphatic hydroxyl groups is 1. The minimum absolute atomic E-state index is 0.00115. The van der Waals surface area contributed by atoms with Crippen molar-refractivity contribution in [2.75, 3.05) is 4.90 Å². The molecule has 2 fully saturated rings. The molecule has 2 atom stereocenters. The maximum absolute atomic E-state index is 9.80. The third kappa shape index (κ3) is 1.84. The lowest BCUT2D eigenvalue weighted by atomic mass is 10.00. The number of nitrogen functional groups attached to an aromatic ring is 1. The number of nitrogens with zero attached hydrogens (tertiary/aromatic N) is 2. The van der Waals surface area contributed by atoms with Crippen molar-refractivity contribution >= 4 is 11.7 Å². The molecule has 2 aliphatic rings. The molecule has 0 aromatic carbocycles. The minimum atomic E-state index is -0.172. The Morgan fingerprint density at radius 1 is 1.33 bits per heavy atom. The van der Waals surface area contributed by atoms with Crippen LogP contribution < -0.4 is 10.6 Å². The van der Waals surface area contributed by atoms with Crippen LogP contribution in [0.5, 0.6) is 0 Å². The van der Waals surface area contributed by atoms with E-state index in [0.717, 1.165) is 31.5 Å². The van der Waals surface area contributed by atoms with Gasteiger partial charge in [-0.15, -0.1) is 0 Å². The van der Waals surface area contributed by atoms with Crippen molar-refractivity contribution in [2.24, 2.45) is 5.73 Å². The van der Waals surface area contributed by atoms with Gasteiger partial charge in [0.2, 0.25) is 0 Å². The lowest BCUT2D eigenvalue weighted by Crippen LogP contribution is -2.45. The van der Waals surface area contributed by atoms with Crippen LogP contribution in [0.15, 0.2) is 18.2 Å². The van der Waals surface area contributed by atoms with Crippen LogP contribution in [0.2, 0.25) is 0 Å². The van der Waals surface area contributed by atoms with E-state index in [-0.39, 0.29) is 11.9 Å². The van der Waals surface area contributed by atoms with Crippen LogP contribution in [0.4, 0.5) is 5.82 Å². The summed E-state index contributed by atoms with van der Waals surface area (Å²) in [6.07, 6.45) is 3.71. The summed E-state index contributed by atoms with van der Waals surface area (Å²) in [6, 6.07) is 6.38. The maximum atomic E-state index is 9.80. The van der Waals surface area contributed by atoms with Crippen LogP contribution in [-0.4, -0.2) is 34.1 Å². The molecular formula is C13H18N4O. The van der Waals surface area contributed by atoms with Crippen LogP contribution in [-0.2, 0) is 0 Å². The average Bonchev–Trinajstić information content (AvgIpc) is 2.62. The quantitative estimate of drug-likeness (QED) is 0.533. The fourth-order valence-corrected chi connectivity index (χ4v) is 3.24. The van der Waals surface area contributed by atoms with Crippen LogP contribution in [0.25, 0.3) is 0 Å². The Hall–Kier alpha value is -1.62. The Balaban J connectivity index is 1.91. The highest BCUT2D eigenvalue weighted by molar-refractivity contribution is 5.93. The molecule has 0 saturated carbocycles. The molecule has 3 rings (SSSR count). The molecule has 2 saturated heterocycles. The largest absolute Gasteiger partial charge is 0.393 e. The zero-order valence-corrected chi connectivity index (χ0v) is 10.2. The first-order valence-electron chi connectivity index (χ1n) is 6.43. The Morgan fingerprint density at radius 2 is 2.00 bits per heavy atom. The molecule has 0 aliphatic carbocycles. The van der Waals surface area contributed by atoms with E-state index < -0.39 is 0 Å². The molecule has 5 heteroatoms. The van der Waals surface area contributed by atoms with Gasteiger partial charge in [-0.25, -0.2) is 4.98 Å². The average molecular weight is 246 g/mol. The molecule has 0 spiro atoms. The van der Waals surface area contributed by atoms with Crippen molar-refractivity contribution in [3.8, 4) is 0 Å². The zero-order chi connectivity index (χ0) is 12.7. The smallest absolute Gasteiger partial charge is 0.141 e. The number of rotatable bonds is 2. The first-order valence-corrected chi connectivity index (χ1v) is 6.43. The van der Waals surface area contributed by atoms with Crippen molar-refractivity contribution in [1.29, 1.82) is 5.41 Å². The predicted molar refractivity (Wildman–Crippen MR) is 69.8 cm³/mol.